The number of H-pyrrole nitrogens is 1. The van der Waals surface area contributed by atoms with Crippen LogP contribution in [0.15, 0.2) is 35.6 Å². The lowest BCUT2D eigenvalue weighted by molar-refractivity contribution is -0.137. The summed E-state index contributed by atoms with van der Waals surface area (Å²) in [5.74, 6) is 0.177. The van der Waals surface area contributed by atoms with E-state index in [-0.39, 0.29) is 23.2 Å². The van der Waals surface area contributed by atoms with Gasteiger partial charge in [-0.15, -0.1) is 0 Å². The van der Waals surface area contributed by atoms with Gasteiger partial charge in [-0.2, -0.15) is 13.2 Å². The van der Waals surface area contributed by atoms with Crippen molar-refractivity contribution in [1.82, 2.24) is 20.3 Å². The van der Waals surface area contributed by atoms with E-state index in [1.54, 1.807) is 18.3 Å². The number of halogens is 3. The number of benzene rings is 1. The van der Waals surface area contributed by atoms with Crippen molar-refractivity contribution in [2.75, 3.05) is 30.3 Å². The van der Waals surface area contributed by atoms with E-state index in [4.69, 9.17) is 4.74 Å². The second-order valence-corrected chi connectivity index (χ2v) is 9.21. The summed E-state index contributed by atoms with van der Waals surface area (Å²) in [6.07, 6.45) is -0.323. The highest BCUT2D eigenvalue weighted by Gasteiger charge is 2.36. The fraction of sp³-hybridized carbons (Fsp3) is 0.435. The van der Waals surface area contributed by atoms with Crippen molar-refractivity contribution in [3.8, 4) is 11.3 Å². The molecule has 2 aliphatic rings. The van der Waals surface area contributed by atoms with Gasteiger partial charge in [0.1, 0.15) is 12.2 Å². The van der Waals surface area contributed by atoms with E-state index in [0.717, 1.165) is 25.6 Å². The van der Waals surface area contributed by atoms with Crippen molar-refractivity contribution in [3.05, 3.63) is 36.2 Å². The average Bonchev–Trinajstić information content (AvgIpc) is 3.37. The molecule has 2 aromatic heterocycles. The number of nitrogens with one attached hydrogen (secondary N) is 4. The molecule has 4 heterocycles. The number of aromatic nitrogens is 3. The minimum atomic E-state index is -4.60. The van der Waals surface area contributed by atoms with Crippen molar-refractivity contribution in [2.45, 2.75) is 44.4 Å². The summed E-state index contributed by atoms with van der Waals surface area (Å²) in [6, 6.07) is 5.78. The molecule has 0 saturated carbocycles. The van der Waals surface area contributed by atoms with Crippen LogP contribution >= 0.6 is 0 Å². The first kappa shape index (κ1) is 22.5. The first-order valence-electron chi connectivity index (χ1n) is 11.2. The summed E-state index contributed by atoms with van der Waals surface area (Å²) >= 11 is 0. The molecule has 3 aromatic rings. The second-order valence-electron chi connectivity index (χ2n) is 9.21. The SMILES string of the molecule is CC1(C)COC(Nc2cccc3c(-c4nc(NC5CCCNC5)ncc4C(F)(F)F)c[nH]c23)=N1. The molecule has 5 rings (SSSR count). The fourth-order valence-corrected chi connectivity index (χ4v) is 4.24. The fourth-order valence-electron chi connectivity index (χ4n) is 4.24. The van der Waals surface area contributed by atoms with Gasteiger partial charge in [0.15, 0.2) is 0 Å². The number of para-hydroxylation sites is 1. The largest absolute Gasteiger partial charge is 0.462 e. The number of aliphatic imine (C=N–C) groups is 1. The Morgan fingerprint density at radius 3 is 2.79 bits per heavy atom. The van der Waals surface area contributed by atoms with Gasteiger partial charge < -0.3 is 25.7 Å². The predicted molar refractivity (Wildman–Crippen MR) is 125 cm³/mol. The Morgan fingerprint density at radius 2 is 2.09 bits per heavy atom. The predicted octanol–water partition coefficient (Wildman–Crippen LogP) is 4.38. The average molecular weight is 474 g/mol. The Balaban J connectivity index is 1.53. The van der Waals surface area contributed by atoms with Crippen LogP contribution in [-0.2, 0) is 10.9 Å². The van der Waals surface area contributed by atoms with Gasteiger partial charge in [-0.3, -0.25) is 0 Å². The molecule has 1 saturated heterocycles. The minimum Gasteiger partial charge on any atom is -0.462 e. The van der Waals surface area contributed by atoms with Crippen molar-refractivity contribution < 1.29 is 17.9 Å². The van der Waals surface area contributed by atoms with Gasteiger partial charge >= 0.3 is 6.18 Å². The third-order valence-electron chi connectivity index (χ3n) is 5.90. The molecule has 0 bridgehead atoms. The maximum atomic E-state index is 13.9. The molecular weight excluding hydrogens is 447 g/mol. The van der Waals surface area contributed by atoms with Crippen LogP contribution in [-0.4, -0.2) is 52.3 Å². The van der Waals surface area contributed by atoms with Gasteiger partial charge in [0.2, 0.25) is 5.95 Å². The van der Waals surface area contributed by atoms with Gasteiger partial charge in [-0.1, -0.05) is 12.1 Å². The standard InChI is InChI=1S/C23H26F3N7O/c1-22(2)12-34-21(33-22)31-17-7-3-6-14-15(10-28-19(14)17)18-16(23(24,25)26)11-29-20(32-18)30-13-5-4-8-27-9-13/h3,6-7,10-11,13,27-28H,4-5,8-9,12H2,1-2H3,(H,31,33)(H,29,30,32). The number of alkyl halides is 3. The maximum Gasteiger partial charge on any atom is 0.419 e. The van der Waals surface area contributed by atoms with Gasteiger partial charge in [0.25, 0.3) is 6.02 Å². The van der Waals surface area contributed by atoms with E-state index in [2.05, 4.69) is 35.9 Å². The van der Waals surface area contributed by atoms with Crippen LogP contribution in [0.4, 0.5) is 24.8 Å². The van der Waals surface area contributed by atoms with Gasteiger partial charge in [-0.05, 0) is 39.3 Å². The molecule has 1 fully saturated rings. The number of nitrogens with zero attached hydrogens (tertiary/aromatic N) is 3. The summed E-state index contributed by atoms with van der Waals surface area (Å²) < 4.78 is 47.3. The Hall–Kier alpha value is -3.34. The molecule has 180 valence electrons. The van der Waals surface area contributed by atoms with Crippen LogP contribution in [0, 0.1) is 0 Å². The summed E-state index contributed by atoms with van der Waals surface area (Å²) in [7, 11) is 0. The summed E-state index contributed by atoms with van der Waals surface area (Å²) in [6.45, 7) is 6.00. The highest BCUT2D eigenvalue weighted by atomic mass is 19.4. The summed E-state index contributed by atoms with van der Waals surface area (Å²) in [5.41, 5.74) is 0.224. The Labute approximate surface area is 194 Å². The zero-order valence-electron chi connectivity index (χ0n) is 18.9. The Kier molecular flexibility index (Phi) is 5.59. The molecule has 4 N–H and O–H groups in total. The smallest absolute Gasteiger partial charge is 0.419 e. The number of hydrogen-bond donors (Lipinski definition) is 4. The van der Waals surface area contributed by atoms with Crippen LogP contribution in [0.5, 0.6) is 0 Å². The van der Waals surface area contributed by atoms with E-state index in [1.165, 1.54) is 0 Å². The number of amidine groups is 1. The lowest BCUT2D eigenvalue weighted by Gasteiger charge is -2.24. The van der Waals surface area contributed by atoms with E-state index < -0.39 is 11.7 Å². The highest BCUT2D eigenvalue weighted by Crippen LogP contribution is 2.40. The Bertz CT molecular complexity index is 1230. The van der Waals surface area contributed by atoms with Crippen molar-refractivity contribution in [1.29, 1.82) is 0 Å². The number of piperidine rings is 1. The lowest BCUT2D eigenvalue weighted by atomic mass is 10.0. The van der Waals surface area contributed by atoms with E-state index in [9.17, 15) is 13.2 Å². The van der Waals surface area contributed by atoms with Crippen molar-refractivity contribution in [2.24, 2.45) is 4.99 Å². The number of rotatable bonds is 4. The van der Waals surface area contributed by atoms with E-state index in [1.807, 2.05) is 19.9 Å². The van der Waals surface area contributed by atoms with Crippen molar-refractivity contribution >= 4 is 28.6 Å². The second kappa shape index (κ2) is 8.46. The molecule has 0 radical (unpaired) electrons. The molecule has 1 aromatic carbocycles. The summed E-state index contributed by atoms with van der Waals surface area (Å²) in [5, 5.41) is 10.2. The minimum absolute atomic E-state index is 0.0635. The normalized spacial score (nSPS) is 20.1. The van der Waals surface area contributed by atoms with Crippen molar-refractivity contribution in [3.63, 3.8) is 0 Å². The number of aromatic amines is 1. The molecule has 0 spiro atoms. The van der Waals surface area contributed by atoms with Crippen LogP contribution in [0.1, 0.15) is 32.3 Å². The molecule has 0 amide bonds. The first-order chi connectivity index (χ1) is 16.2. The highest BCUT2D eigenvalue weighted by molar-refractivity contribution is 6.05. The molecule has 34 heavy (non-hydrogen) atoms. The van der Waals surface area contributed by atoms with Gasteiger partial charge in [0, 0.05) is 35.9 Å². The third-order valence-corrected chi connectivity index (χ3v) is 5.90. The van der Waals surface area contributed by atoms with E-state index >= 15 is 0 Å². The third kappa shape index (κ3) is 4.52. The molecule has 1 unspecified atom stereocenters. The summed E-state index contributed by atoms with van der Waals surface area (Å²) in [4.78, 5) is 15.9. The molecule has 11 heteroatoms. The van der Waals surface area contributed by atoms with Crippen LogP contribution < -0.4 is 16.0 Å². The zero-order chi connectivity index (χ0) is 23.9. The molecular formula is C23H26F3N7O. The Morgan fingerprint density at radius 1 is 1.24 bits per heavy atom. The maximum absolute atomic E-state index is 13.9. The zero-order valence-corrected chi connectivity index (χ0v) is 18.9. The molecule has 1 atom stereocenters. The molecule has 8 nitrogen and oxygen atoms in total. The molecule has 0 aliphatic carbocycles. The topological polar surface area (TPSA) is 99.2 Å². The monoisotopic (exact) mass is 473 g/mol. The number of hydrogen-bond acceptors (Lipinski definition) is 7. The quantitative estimate of drug-likeness (QED) is 0.449. The lowest BCUT2D eigenvalue weighted by Crippen LogP contribution is -2.38. The van der Waals surface area contributed by atoms with E-state index in [0.29, 0.717) is 41.3 Å². The first-order valence-corrected chi connectivity index (χ1v) is 11.2. The number of fused-ring (bicyclic) bond motifs is 1. The van der Waals surface area contributed by atoms with Crippen LogP contribution in [0.2, 0.25) is 0 Å². The number of ether oxygens (including phenoxy) is 1. The van der Waals surface area contributed by atoms with Gasteiger partial charge in [0.05, 0.1) is 22.4 Å². The molecule has 2 aliphatic heterocycles. The number of anilines is 2. The van der Waals surface area contributed by atoms with Crippen LogP contribution in [0.3, 0.4) is 0 Å². The van der Waals surface area contributed by atoms with Gasteiger partial charge in [-0.25, -0.2) is 15.0 Å². The van der Waals surface area contributed by atoms with Crippen LogP contribution in [0.25, 0.3) is 22.2 Å².